The van der Waals surface area contributed by atoms with Gasteiger partial charge in [-0.1, -0.05) is 23.2 Å². The lowest BCUT2D eigenvalue weighted by Crippen LogP contribution is -2.18. The summed E-state index contributed by atoms with van der Waals surface area (Å²) in [4.78, 5) is 12.6. The van der Waals surface area contributed by atoms with Crippen LogP contribution in [0.15, 0.2) is 42.5 Å². The smallest absolute Gasteiger partial charge is 0.412 e. The molecule has 0 fully saturated rings. The molecule has 0 spiro atoms. The van der Waals surface area contributed by atoms with Gasteiger partial charge in [-0.05, 0) is 60.3 Å². The van der Waals surface area contributed by atoms with Crippen molar-refractivity contribution in [2.45, 2.75) is 6.92 Å². The van der Waals surface area contributed by atoms with Gasteiger partial charge in [-0.15, -0.1) is 11.3 Å². The minimum atomic E-state index is -0.617. The van der Waals surface area contributed by atoms with Gasteiger partial charge in [-0.2, -0.15) is 0 Å². The summed E-state index contributed by atoms with van der Waals surface area (Å²) in [6.45, 7) is 1.83. The summed E-state index contributed by atoms with van der Waals surface area (Å²) in [7, 11) is 0. The number of carbonyl (C=O) groups is 1. The van der Waals surface area contributed by atoms with E-state index in [9.17, 15) is 4.79 Å². The molecule has 0 bridgehead atoms. The third-order valence-electron chi connectivity index (χ3n) is 3.61. The number of thiophene rings is 1. The minimum absolute atomic E-state index is 0.110. The van der Waals surface area contributed by atoms with E-state index in [-0.39, 0.29) is 12.3 Å². The van der Waals surface area contributed by atoms with Crippen molar-refractivity contribution in [1.29, 1.82) is 5.41 Å². The Morgan fingerprint density at radius 1 is 1.16 bits per heavy atom. The molecule has 2 N–H and O–H groups in total. The van der Waals surface area contributed by atoms with Gasteiger partial charge in [0.05, 0.1) is 10.6 Å². The van der Waals surface area contributed by atoms with Gasteiger partial charge in [0.15, 0.2) is 0 Å². The monoisotopic (exact) mass is 392 g/mol. The van der Waals surface area contributed by atoms with Crippen molar-refractivity contribution in [2.24, 2.45) is 0 Å². The SMILES string of the molecule is Cc1c(C(=N)COC(=O)Nc2ccc(Cl)cc2)sc2ccc(Cl)cc12. The Labute approximate surface area is 158 Å². The van der Waals surface area contributed by atoms with Crippen LogP contribution in [0, 0.1) is 12.3 Å². The first-order valence-corrected chi connectivity index (χ1v) is 8.97. The first-order valence-electron chi connectivity index (χ1n) is 7.40. The molecule has 0 radical (unpaired) electrons. The van der Waals surface area contributed by atoms with E-state index >= 15 is 0 Å². The Kier molecular flexibility index (Phi) is 5.27. The first kappa shape index (κ1) is 17.7. The highest BCUT2D eigenvalue weighted by Gasteiger charge is 2.14. The minimum Gasteiger partial charge on any atom is -0.443 e. The average Bonchev–Trinajstić information content (AvgIpc) is 2.91. The number of amides is 1. The lowest BCUT2D eigenvalue weighted by atomic mass is 10.1. The number of fused-ring (bicyclic) bond motifs is 1. The number of hydrogen-bond acceptors (Lipinski definition) is 4. The second kappa shape index (κ2) is 7.44. The van der Waals surface area contributed by atoms with Crippen LogP contribution >= 0.6 is 34.5 Å². The molecule has 128 valence electrons. The lowest BCUT2D eigenvalue weighted by Gasteiger charge is -2.08. The quantitative estimate of drug-likeness (QED) is 0.524. The van der Waals surface area contributed by atoms with Crippen molar-refractivity contribution in [3.8, 4) is 0 Å². The molecule has 0 unspecified atom stereocenters. The first-order chi connectivity index (χ1) is 11.9. The second-order valence-corrected chi connectivity index (χ2v) is 7.31. The number of rotatable bonds is 4. The number of benzene rings is 2. The zero-order chi connectivity index (χ0) is 18.0. The van der Waals surface area contributed by atoms with Crippen LogP contribution in [0.5, 0.6) is 0 Å². The van der Waals surface area contributed by atoms with Crippen LogP contribution in [0.3, 0.4) is 0 Å². The van der Waals surface area contributed by atoms with Crippen molar-refractivity contribution < 1.29 is 9.53 Å². The molecular formula is C18H14Cl2N2O2S. The molecule has 0 aliphatic heterocycles. The highest BCUT2D eigenvalue weighted by Crippen LogP contribution is 2.32. The van der Waals surface area contributed by atoms with Crippen LogP contribution in [0.2, 0.25) is 10.0 Å². The fourth-order valence-corrected chi connectivity index (χ4v) is 3.79. The summed E-state index contributed by atoms with van der Waals surface area (Å²) < 4.78 is 6.19. The van der Waals surface area contributed by atoms with Crippen molar-refractivity contribution in [2.75, 3.05) is 11.9 Å². The van der Waals surface area contributed by atoms with Crippen LogP contribution in [-0.4, -0.2) is 18.4 Å². The highest BCUT2D eigenvalue weighted by atomic mass is 35.5. The number of hydrogen-bond donors (Lipinski definition) is 2. The molecule has 7 heteroatoms. The fourth-order valence-electron chi connectivity index (χ4n) is 2.37. The van der Waals surface area contributed by atoms with Gasteiger partial charge in [0.1, 0.15) is 6.61 Å². The number of halogens is 2. The van der Waals surface area contributed by atoms with Crippen LogP contribution in [-0.2, 0) is 4.74 Å². The molecule has 4 nitrogen and oxygen atoms in total. The molecular weight excluding hydrogens is 379 g/mol. The van der Waals surface area contributed by atoms with Crippen LogP contribution < -0.4 is 5.32 Å². The topological polar surface area (TPSA) is 62.2 Å². The zero-order valence-corrected chi connectivity index (χ0v) is 15.6. The lowest BCUT2D eigenvalue weighted by molar-refractivity contribution is 0.177. The van der Waals surface area contributed by atoms with Crippen LogP contribution in [0.4, 0.5) is 10.5 Å². The highest BCUT2D eigenvalue weighted by molar-refractivity contribution is 7.21. The van der Waals surface area contributed by atoms with E-state index in [0.29, 0.717) is 15.7 Å². The second-order valence-electron chi connectivity index (χ2n) is 5.38. The van der Waals surface area contributed by atoms with Gasteiger partial charge in [0, 0.05) is 20.4 Å². The summed E-state index contributed by atoms with van der Waals surface area (Å²) in [5.74, 6) is 0. The van der Waals surface area contributed by atoms with Crippen molar-refractivity contribution in [3.05, 3.63) is 63.0 Å². The molecule has 25 heavy (non-hydrogen) atoms. The largest absolute Gasteiger partial charge is 0.443 e. The molecule has 0 aliphatic carbocycles. The summed E-state index contributed by atoms with van der Waals surface area (Å²) in [6, 6.07) is 12.3. The van der Waals surface area contributed by atoms with Crippen molar-refractivity contribution >= 4 is 62.1 Å². The maximum atomic E-state index is 11.9. The number of nitrogens with one attached hydrogen (secondary N) is 2. The zero-order valence-electron chi connectivity index (χ0n) is 13.2. The summed E-state index contributed by atoms with van der Waals surface area (Å²) in [6.07, 6.45) is -0.617. The van der Waals surface area contributed by atoms with E-state index in [0.717, 1.165) is 20.5 Å². The normalized spacial score (nSPS) is 10.7. The molecule has 0 aliphatic rings. The number of anilines is 1. The third kappa shape index (κ3) is 4.12. The average molecular weight is 393 g/mol. The Hall–Kier alpha value is -2.08. The fraction of sp³-hybridized carbons (Fsp3) is 0.111. The molecule has 1 amide bonds. The van der Waals surface area contributed by atoms with E-state index in [1.807, 2.05) is 25.1 Å². The Morgan fingerprint density at radius 2 is 1.84 bits per heavy atom. The molecule has 0 saturated carbocycles. The number of ether oxygens (including phenoxy) is 1. The molecule has 0 atom stereocenters. The molecule has 3 aromatic rings. The molecule has 1 aromatic heterocycles. The molecule has 1 heterocycles. The maximum Gasteiger partial charge on any atom is 0.412 e. The van der Waals surface area contributed by atoms with E-state index in [1.54, 1.807) is 24.3 Å². The number of aryl methyl sites for hydroxylation is 1. The predicted molar refractivity (Wildman–Crippen MR) is 105 cm³/mol. The van der Waals surface area contributed by atoms with E-state index in [4.69, 9.17) is 33.3 Å². The summed E-state index contributed by atoms with van der Waals surface area (Å²) >= 11 is 13.3. The van der Waals surface area contributed by atoms with Gasteiger partial charge in [-0.3, -0.25) is 5.32 Å². The Morgan fingerprint density at radius 3 is 2.56 bits per heavy atom. The van der Waals surface area contributed by atoms with E-state index in [1.165, 1.54) is 11.3 Å². The standard InChI is InChI=1S/C18H14Cl2N2O2S/c1-10-14-8-12(20)4-7-16(14)25-17(10)15(21)9-24-18(23)22-13-5-2-11(19)3-6-13/h2-8,21H,9H2,1H3,(H,22,23). The Bertz CT molecular complexity index is 952. The van der Waals surface area contributed by atoms with Crippen LogP contribution in [0.1, 0.15) is 10.4 Å². The molecule has 3 rings (SSSR count). The summed E-state index contributed by atoms with van der Waals surface area (Å²) in [5.41, 5.74) is 1.80. The molecule has 2 aromatic carbocycles. The van der Waals surface area contributed by atoms with Gasteiger partial charge >= 0.3 is 6.09 Å². The van der Waals surface area contributed by atoms with E-state index < -0.39 is 6.09 Å². The number of carbonyl (C=O) groups excluding carboxylic acids is 1. The van der Waals surface area contributed by atoms with Gasteiger partial charge < -0.3 is 10.1 Å². The van der Waals surface area contributed by atoms with Gasteiger partial charge in [-0.25, -0.2) is 4.79 Å². The van der Waals surface area contributed by atoms with E-state index in [2.05, 4.69) is 5.32 Å². The maximum absolute atomic E-state index is 11.9. The Balaban J connectivity index is 1.65. The van der Waals surface area contributed by atoms with Crippen molar-refractivity contribution in [3.63, 3.8) is 0 Å². The van der Waals surface area contributed by atoms with Crippen LogP contribution in [0.25, 0.3) is 10.1 Å². The predicted octanol–water partition coefficient (Wildman–Crippen LogP) is 6.13. The molecule has 0 saturated heterocycles. The van der Waals surface area contributed by atoms with Crippen molar-refractivity contribution in [1.82, 2.24) is 0 Å². The van der Waals surface area contributed by atoms with Gasteiger partial charge in [0.25, 0.3) is 0 Å². The van der Waals surface area contributed by atoms with Gasteiger partial charge in [0.2, 0.25) is 0 Å². The summed E-state index contributed by atoms with van der Waals surface area (Å²) in [5, 5.41) is 13.1. The third-order valence-corrected chi connectivity index (χ3v) is 5.43.